The standard InChI is InChI=1S/C20H24N2O9S/c1-10(23)27-9-15-16(28-11(2)24)17(29-12(3)25)18(30-13(4)26)20(31-15)22-7-5-6-14(8-22)19(21)32/h5-8,15-18,20H,9H2,1-4H3,(H-,21,32)/p+1. The van der Waals surface area contributed by atoms with Gasteiger partial charge in [0.2, 0.25) is 6.10 Å². The maximum absolute atomic E-state index is 11.9. The van der Waals surface area contributed by atoms with E-state index in [1.807, 2.05) is 0 Å². The van der Waals surface area contributed by atoms with Gasteiger partial charge >= 0.3 is 30.1 Å². The van der Waals surface area contributed by atoms with Crippen LogP contribution in [-0.4, -0.2) is 59.9 Å². The molecule has 1 aliphatic rings. The first-order valence-corrected chi connectivity index (χ1v) is 10.0. The molecule has 1 aromatic rings. The van der Waals surface area contributed by atoms with E-state index in [0.717, 1.165) is 13.8 Å². The van der Waals surface area contributed by atoms with Crippen LogP contribution in [0, 0.1) is 0 Å². The summed E-state index contributed by atoms with van der Waals surface area (Å²) in [5.74, 6) is -2.70. The Labute approximate surface area is 189 Å². The molecule has 5 unspecified atom stereocenters. The van der Waals surface area contributed by atoms with Crippen LogP contribution < -0.4 is 10.3 Å². The summed E-state index contributed by atoms with van der Waals surface area (Å²) in [5, 5.41) is 0. The molecule has 2 heterocycles. The average Bonchev–Trinajstić information content (AvgIpc) is 2.68. The topological polar surface area (TPSA) is 144 Å². The Morgan fingerprint density at radius 1 is 0.969 bits per heavy atom. The van der Waals surface area contributed by atoms with Crippen LogP contribution in [0.3, 0.4) is 0 Å². The fraction of sp³-hybridized carbons (Fsp3) is 0.500. The van der Waals surface area contributed by atoms with Crippen molar-refractivity contribution in [2.75, 3.05) is 6.61 Å². The molecule has 0 spiro atoms. The maximum Gasteiger partial charge on any atom is 0.304 e. The Balaban J connectivity index is 2.58. The van der Waals surface area contributed by atoms with Crippen LogP contribution in [0.5, 0.6) is 0 Å². The summed E-state index contributed by atoms with van der Waals surface area (Å²) in [6, 6.07) is 3.31. The van der Waals surface area contributed by atoms with Crippen molar-refractivity contribution in [3.05, 3.63) is 30.1 Å². The second kappa shape index (κ2) is 11.0. The predicted octanol–water partition coefficient (Wildman–Crippen LogP) is -0.136. The third-order valence-corrected chi connectivity index (χ3v) is 4.60. The fourth-order valence-electron chi connectivity index (χ4n) is 3.24. The Hall–Kier alpha value is -3.12. The van der Waals surface area contributed by atoms with Gasteiger partial charge in [0.1, 0.15) is 17.7 Å². The molecule has 2 rings (SSSR count). The molecule has 0 aliphatic carbocycles. The smallest absolute Gasteiger partial charge is 0.304 e. The van der Waals surface area contributed by atoms with Crippen molar-refractivity contribution in [3.8, 4) is 0 Å². The largest absolute Gasteiger partial charge is 0.463 e. The Bertz CT molecular complexity index is 907. The van der Waals surface area contributed by atoms with Crippen LogP contribution in [0.15, 0.2) is 24.5 Å². The van der Waals surface area contributed by atoms with E-state index in [4.69, 9.17) is 41.6 Å². The van der Waals surface area contributed by atoms with Gasteiger partial charge in [-0.15, -0.1) is 0 Å². The molecule has 1 aromatic heterocycles. The van der Waals surface area contributed by atoms with E-state index in [1.165, 1.54) is 18.4 Å². The van der Waals surface area contributed by atoms with E-state index in [-0.39, 0.29) is 11.6 Å². The maximum atomic E-state index is 11.9. The van der Waals surface area contributed by atoms with Gasteiger partial charge in [0, 0.05) is 33.8 Å². The van der Waals surface area contributed by atoms with Crippen molar-refractivity contribution >= 4 is 41.1 Å². The highest BCUT2D eigenvalue weighted by Crippen LogP contribution is 2.32. The number of rotatable bonds is 7. The number of thiocarbonyl (C=S) groups is 1. The van der Waals surface area contributed by atoms with Gasteiger partial charge < -0.3 is 29.4 Å². The first-order chi connectivity index (χ1) is 15.0. The number of ether oxygens (including phenoxy) is 5. The first kappa shape index (κ1) is 25.1. The Morgan fingerprint density at radius 3 is 2.06 bits per heavy atom. The number of pyridine rings is 1. The number of nitrogens with zero attached hydrogens (tertiary/aromatic N) is 1. The van der Waals surface area contributed by atoms with Gasteiger partial charge in [0.25, 0.3) is 0 Å². The quantitative estimate of drug-likeness (QED) is 0.247. The molecular formula is C20H25N2O9S+. The van der Waals surface area contributed by atoms with Crippen molar-refractivity contribution in [2.24, 2.45) is 5.73 Å². The molecule has 0 saturated carbocycles. The minimum atomic E-state index is -1.26. The number of hydrogen-bond donors (Lipinski definition) is 1. The number of nitrogens with two attached hydrogens (primary N) is 1. The SMILES string of the molecule is CC(=O)OCC1OC([n+]2cccc(C(N)=S)c2)C(OC(C)=O)C(OC(C)=O)C1OC(C)=O. The van der Waals surface area contributed by atoms with E-state index < -0.39 is 54.5 Å². The fourth-order valence-corrected chi connectivity index (χ4v) is 3.36. The van der Waals surface area contributed by atoms with E-state index in [0.29, 0.717) is 5.56 Å². The second-order valence-corrected chi connectivity index (χ2v) is 7.43. The number of hydrogen-bond acceptors (Lipinski definition) is 10. The number of carbonyl (C=O) groups excluding carboxylic acids is 4. The van der Waals surface area contributed by atoms with Gasteiger partial charge in [0.05, 0.1) is 5.56 Å². The summed E-state index contributed by atoms with van der Waals surface area (Å²) in [6.45, 7) is 4.36. The summed E-state index contributed by atoms with van der Waals surface area (Å²) < 4.78 is 28.8. The number of esters is 4. The molecule has 32 heavy (non-hydrogen) atoms. The monoisotopic (exact) mass is 469 g/mol. The van der Waals surface area contributed by atoms with Crippen LogP contribution in [-0.2, 0) is 42.9 Å². The van der Waals surface area contributed by atoms with Crippen LogP contribution in [0.1, 0.15) is 39.5 Å². The molecule has 11 nitrogen and oxygen atoms in total. The molecule has 1 saturated heterocycles. The Kier molecular flexibility index (Phi) is 8.61. The number of aromatic nitrogens is 1. The van der Waals surface area contributed by atoms with Gasteiger partial charge in [-0.3, -0.25) is 19.2 Å². The lowest BCUT2D eigenvalue weighted by Crippen LogP contribution is -2.65. The average molecular weight is 469 g/mol. The third-order valence-electron chi connectivity index (χ3n) is 4.37. The van der Waals surface area contributed by atoms with Gasteiger partial charge in [0.15, 0.2) is 24.6 Å². The zero-order valence-corrected chi connectivity index (χ0v) is 18.8. The molecule has 0 radical (unpaired) electrons. The molecule has 0 aromatic carbocycles. The van der Waals surface area contributed by atoms with Crippen LogP contribution in [0.25, 0.3) is 0 Å². The summed E-state index contributed by atoms with van der Waals surface area (Å²) in [7, 11) is 0. The molecule has 12 heteroatoms. The van der Waals surface area contributed by atoms with Crippen LogP contribution >= 0.6 is 12.2 Å². The lowest BCUT2D eigenvalue weighted by molar-refractivity contribution is -0.777. The molecule has 174 valence electrons. The van der Waals surface area contributed by atoms with Crippen molar-refractivity contribution < 1.29 is 47.4 Å². The van der Waals surface area contributed by atoms with E-state index in [2.05, 4.69) is 0 Å². The molecule has 2 N–H and O–H groups in total. The van der Waals surface area contributed by atoms with Crippen molar-refractivity contribution in [2.45, 2.75) is 58.3 Å². The summed E-state index contributed by atoms with van der Waals surface area (Å²) >= 11 is 5.02. The van der Waals surface area contributed by atoms with E-state index in [1.54, 1.807) is 24.5 Å². The van der Waals surface area contributed by atoms with Gasteiger partial charge in [-0.05, 0) is 6.07 Å². The highest BCUT2D eigenvalue weighted by atomic mass is 32.1. The molecule has 0 bridgehead atoms. The van der Waals surface area contributed by atoms with Crippen LogP contribution in [0.4, 0.5) is 0 Å². The van der Waals surface area contributed by atoms with Crippen molar-refractivity contribution in [3.63, 3.8) is 0 Å². The summed E-state index contributed by atoms with van der Waals surface area (Å²) in [6.07, 6.45) is -2.67. The highest BCUT2D eigenvalue weighted by molar-refractivity contribution is 7.80. The minimum absolute atomic E-state index is 0.116. The van der Waals surface area contributed by atoms with E-state index >= 15 is 0 Å². The minimum Gasteiger partial charge on any atom is -0.463 e. The normalized spacial score (nSPS) is 24.7. The summed E-state index contributed by atoms with van der Waals surface area (Å²) in [4.78, 5) is 47.0. The predicted molar refractivity (Wildman–Crippen MR) is 110 cm³/mol. The first-order valence-electron chi connectivity index (χ1n) is 9.60. The van der Waals surface area contributed by atoms with Crippen molar-refractivity contribution in [1.82, 2.24) is 0 Å². The van der Waals surface area contributed by atoms with Gasteiger partial charge in [-0.1, -0.05) is 12.2 Å². The van der Waals surface area contributed by atoms with Crippen molar-refractivity contribution in [1.29, 1.82) is 0 Å². The van der Waals surface area contributed by atoms with E-state index in [9.17, 15) is 19.2 Å². The molecule has 1 fully saturated rings. The van der Waals surface area contributed by atoms with Gasteiger partial charge in [-0.2, -0.15) is 4.57 Å². The lowest BCUT2D eigenvalue weighted by Gasteiger charge is -2.41. The number of carbonyl (C=O) groups is 4. The second-order valence-electron chi connectivity index (χ2n) is 6.99. The molecule has 0 amide bonds. The molecule has 1 aliphatic heterocycles. The lowest BCUT2D eigenvalue weighted by atomic mass is 9.97. The highest BCUT2D eigenvalue weighted by Gasteiger charge is 2.56. The van der Waals surface area contributed by atoms with Gasteiger partial charge in [-0.25, -0.2) is 0 Å². The zero-order chi connectivity index (χ0) is 24.0. The van der Waals surface area contributed by atoms with Crippen LogP contribution in [0.2, 0.25) is 0 Å². The molecule has 5 atom stereocenters. The molecular weight excluding hydrogens is 444 g/mol. The Morgan fingerprint density at radius 2 is 1.53 bits per heavy atom. The summed E-state index contributed by atoms with van der Waals surface area (Å²) in [5.41, 5.74) is 6.21. The third kappa shape index (κ3) is 6.69. The zero-order valence-electron chi connectivity index (χ0n) is 18.0.